The number of aromatic nitrogens is 6. The number of amides is 1. The highest BCUT2D eigenvalue weighted by Gasteiger charge is 2.23. The number of fused-ring (bicyclic) bond motifs is 2. The summed E-state index contributed by atoms with van der Waals surface area (Å²) in [5, 5.41) is 12.6. The summed E-state index contributed by atoms with van der Waals surface area (Å²) < 4.78 is 40.3. The van der Waals surface area contributed by atoms with Gasteiger partial charge in [-0.25, -0.2) is 22.6 Å². The molecule has 1 aromatic carbocycles. The maximum Gasteiger partial charge on any atom is 0.272 e. The normalized spacial score (nSPS) is 14.3. The van der Waals surface area contributed by atoms with Gasteiger partial charge in [0.2, 0.25) is 10.0 Å². The molecule has 1 saturated heterocycles. The number of nitrogens with zero attached hydrogens (tertiary/aromatic N) is 7. The number of hydrogen-bond acceptors (Lipinski definition) is 10. The summed E-state index contributed by atoms with van der Waals surface area (Å²) in [6.45, 7) is 4.15. The number of sulfonamides is 1. The van der Waals surface area contributed by atoms with Crippen LogP contribution in [0, 0.1) is 0 Å². The van der Waals surface area contributed by atoms with Crippen LogP contribution in [0.1, 0.15) is 10.5 Å². The Morgan fingerprint density at radius 3 is 2.76 bits per heavy atom. The summed E-state index contributed by atoms with van der Waals surface area (Å²) >= 11 is 0. The van der Waals surface area contributed by atoms with Crippen LogP contribution in [0.2, 0.25) is 0 Å². The van der Waals surface area contributed by atoms with Crippen molar-refractivity contribution in [1.82, 2.24) is 39.6 Å². The molecule has 6 rings (SSSR count). The Hall–Kier alpha value is -4.60. The van der Waals surface area contributed by atoms with Gasteiger partial charge in [-0.15, -0.1) is 0 Å². The van der Waals surface area contributed by atoms with E-state index in [1.807, 2.05) is 6.07 Å². The van der Waals surface area contributed by atoms with E-state index in [1.54, 1.807) is 58.3 Å². The van der Waals surface area contributed by atoms with Crippen LogP contribution in [0.4, 0.5) is 5.69 Å². The first-order valence-corrected chi connectivity index (χ1v) is 15.1. The van der Waals surface area contributed by atoms with Crippen LogP contribution in [-0.2, 0) is 14.8 Å². The van der Waals surface area contributed by atoms with Gasteiger partial charge >= 0.3 is 0 Å². The van der Waals surface area contributed by atoms with E-state index in [0.717, 1.165) is 19.3 Å². The van der Waals surface area contributed by atoms with Gasteiger partial charge in [0.15, 0.2) is 11.3 Å². The molecule has 0 radical (unpaired) electrons. The molecule has 4 aromatic heterocycles. The van der Waals surface area contributed by atoms with E-state index in [1.165, 1.54) is 7.11 Å². The number of carbonyl (C=O) groups excluding carboxylic acids is 1. The minimum Gasteiger partial charge on any atom is -0.494 e. The molecular weight excluding hydrogens is 562 g/mol. The van der Waals surface area contributed by atoms with Crippen molar-refractivity contribution in [3.05, 3.63) is 60.8 Å². The van der Waals surface area contributed by atoms with E-state index in [0.29, 0.717) is 71.2 Å². The Morgan fingerprint density at radius 1 is 1.14 bits per heavy atom. The molecule has 0 spiro atoms. The van der Waals surface area contributed by atoms with Gasteiger partial charge in [0, 0.05) is 50.8 Å². The number of pyridine rings is 1. The number of morpholine rings is 1. The summed E-state index contributed by atoms with van der Waals surface area (Å²) in [7, 11) is -2.02. The van der Waals surface area contributed by atoms with Crippen LogP contribution in [0.15, 0.2) is 55.1 Å². The molecule has 0 unspecified atom stereocenters. The number of methoxy groups -OCH3 is 1. The smallest absolute Gasteiger partial charge is 0.272 e. The Kier molecular flexibility index (Phi) is 7.45. The van der Waals surface area contributed by atoms with E-state index in [-0.39, 0.29) is 11.6 Å². The zero-order valence-corrected chi connectivity index (χ0v) is 23.8. The summed E-state index contributed by atoms with van der Waals surface area (Å²) in [6, 6.07) is 8.44. The highest BCUT2D eigenvalue weighted by molar-refractivity contribution is 7.92. The molecule has 42 heavy (non-hydrogen) atoms. The zero-order chi connectivity index (χ0) is 29.3. The number of benzene rings is 1. The Morgan fingerprint density at radius 2 is 1.98 bits per heavy atom. The molecule has 15 heteroatoms. The third kappa shape index (κ3) is 5.61. The SMILES string of the molecule is COc1cc(NS(C)(=O)=O)ccc1-n1nc(C(=O)NCCN2CCOCC2)c2cnc(-c3cnn4cccnc34)cc21. The second-order valence-electron chi connectivity index (χ2n) is 9.76. The standard InChI is InChI=1S/C27H29N9O5S/c1-40-24-14-18(33-42(2,38)39)4-5-22(24)36-23-15-21(19-17-31-35-8-3-6-28-26(19)35)30-16-20(23)25(32-36)27(37)29-7-9-34-10-12-41-13-11-34/h3-6,8,14-17,33H,7,9-13H2,1-2H3,(H,29,37). The van der Waals surface area contributed by atoms with Crippen molar-refractivity contribution >= 4 is 38.2 Å². The molecule has 1 fully saturated rings. The van der Waals surface area contributed by atoms with Gasteiger partial charge in [0.25, 0.3) is 5.91 Å². The third-order valence-corrected chi connectivity index (χ3v) is 7.47. The number of carbonyl (C=O) groups is 1. The first-order chi connectivity index (χ1) is 20.3. The third-order valence-electron chi connectivity index (χ3n) is 6.86. The number of ether oxygens (including phenoxy) is 2. The fourth-order valence-electron chi connectivity index (χ4n) is 4.88. The number of rotatable bonds is 9. The van der Waals surface area contributed by atoms with Gasteiger partial charge in [-0.3, -0.25) is 19.4 Å². The molecule has 5 heterocycles. The second kappa shape index (κ2) is 11.3. The molecule has 5 aromatic rings. The predicted molar refractivity (Wildman–Crippen MR) is 155 cm³/mol. The molecule has 1 amide bonds. The van der Waals surface area contributed by atoms with Crippen molar-refractivity contribution in [2.45, 2.75) is 0 Å². The number of nitrogens with one attached hydrogen (secondary N) is 2. The van der Waals surface area contributed by atoms with Gasteiger partial charge in [-0.05, 0) is 24.3 Å². The summed E-state index contributed by atoms with van der Waals surface area (Å²) in [5.74, 6) is 0.0110. The minimum absolute atomic E-state index is 0.199. The lowest BCUT2D eigenvalue weighted by atomic mass is 10.1. The van der Waals surface area contributed by atoms with Crippen LogP contribution in [0.3, 0.4) is 0 Å². The quantitative estimate of drug-likeness (QED) is 0.258. The van der Waals surface area contributed by atoms with Crippen molar-refractivity contribution in [1.29, 1.82) is 0 Å². The largest absolute Gasteiger partial charge is 0.494 e. The lowest BCUT2D eigenvalue weighted by Gasteiger charge is -2.26. The average Bonchev–Trinajstić information content (AvgIpc) is 3.58. The van der Waals surface area contributed by atoms with E-state index >= 15 is 0 Å². The van der Waals surface area contributed by atoms with Crippen LogP contribution in [0.5, 0.6) is 5.75 Å². The molecule has 0 aliphatic carbocycles. The van der Waals surface area contributed by atoms with E-state index in [2.05, 4.69) is 30.0 Å². The van der Waals surface area contributed by atoms with Gasteiger partial charge < -0.3 is 14.8 Å². The first-order valence-electron chi connectivity index (χ1n) is 13.2. The number of hydrogen-bond donors (Lipinski definition) is 2. The highest BCUT2D eigenvalue weighted by Crippen LogP contribution is 2.32. The minimum atomic E-state index is -3.50. The fourth-order valence-corrected chi connectivity index (χ4v) is 5.44. The van der Waals surface area contributed by atoms with Gasteiger partial charge in [0.1, 0.15) is 11.4 Å². The lowest BCUT2D eigenvalue weighted by molar-refractivity contribution is 0.0383. The molecule has 218 valence electrons. The van der Waals surface area contributed by atoms with Crippen LogP contribution < -0.4 is 14.8 Å². The number of anilines is 1. The molecule has 1 aliphatic rings. The molecule has 2 N–H and O–H groups in total. The van der Waals surface area contributed by atoms with Gasteiger partial charge in [0.05, 0.1) is 60.6 Å². The lowest BCUT2D eigenvalue weighted by Crippen LogP contribution is -2.41. The maximum absolute atomic E-state index is 13.4. The highest BCUT2D eigenvalue weighted by atomic mass is 32.2. The van der Waals surface area contributed by atoms with E-state index < -0.39 is 10.0 Å². The summed E-state index contributed by atoms with van der Waals surface area (Å²) in [4.78, 5) is 24.7. The van der Waals surface area contributed by atoms with Crippen LogP contribution >= 0.6 is 0 Å². The molecule has 0 atom stereocenters. The van der Waals surface area contributed by atoms with Crippen LogP contribution in [-0.4, -0.2) is 101 Å². The summed E-state index contributed by atoms with van der Waals surface area (Å²) in [6.07, 6.45) is 7.85. The van der Waals surface area contributed by atoms with E-state index in [4.69, 9.17) is 14.6 Å². The Bertz CT molecular complexity index is 1880. The second-order valence-corrected chi connectivity index (χ2v) is 11.5. The zero-order valence-electron chi connectivity index (χ0n) is 23.0. The predicted octanol–water partition coefficient (Wildman–Crippen LogP) is 1.57. The topological polar surface area (TPSA) is 158 Å². The fraction of sp³-hybridized carbons (Fsp3) is 0.296. The molecule has 14 nitrogen and oxygen atoms in total. The summed E-state index contributed by atoms with van der Waals surface area (Å²) in [5.41, 5.74) is 3.55. The van der Waals surface area contributed by atoms with Crippen molar-refractivity contribution < 1.29 is 22.7 Å². The van der Waals surface area contributed by atoms with E-state index in [9.17, 15) is 13.2 Å². The molecule has 1 aliphatic heterocycles. The Labute approximate surface area is 241 Å². The van der Waals surface area contributed by atoms with Crippen molar-refractivity contribution in [3.8, 4) is 22.7 Å². The molecule has 0 bridgehead atoms. The molecule has 0 saturated carbocycles. The first kappa shape index (κ1) is 27.6. The van der Waals surface area contributed by atoms with Crippen molar-refractivity contribution in [2.24, 2.45) is 0 Å². The molecular formula is C27H29N9O5S. The van der Waals surface area contributed by atoms with Gasteiger partial charge in [-0.1, -0.05) is 0 Å². The average molecular weight is 592 g/mol. The van der Waals surface area contributed by atoms with Crippen molar-refractivity contribution in [3.63, 3.8) is 0 Å². The maximum atomic E-state index is 13.4. The van der Waals surface area contributed by atoms with Gasteiger partial charge in [-0.2, -0.15) is 10.2 Å². The van der Waals surface area contributed by atoms with Crippen molar-refractivity contribution in [2.75, 3.05) is 57.5 Å². The Balaban J connectivity index is 1.42. The van der Waals surface area contributed by atoms with Crippen LogP contribution in [0.25, 0.3) is 33.5 Å². The monoisotopic (exact) mass is 591 g/mol.